The van der Waals surface area contributed by atoms with Crippen LogP contribution in [0.5, 0.6) is 0 Å². The molecule has 3 aromatic rings. The number of pyridine rings is 1. The first-order chi connectivity index (χ1) is 10.4. The molecule has 0 aliphatic carbocycles. The van der Waals surface area contributed by atoms with Crippen LogP contribution in [0.2, 0.25) is 0 Å². The van der Waals surface area contributed by atoms with Crippen molar-refractivity contribution in [1.82, 2.24) is 10.3 Å². The van der Waals surface area contributed by atoms with Gasteiger partial charge in [-0.3, -0.25) is 4.79 Å². The first-order valence-corrected chi connectivity index (χ1v) is 6.70. The summed E-state index contributed by atoms with van der Waals surface area (Å²) in [6, 6.07) is 21.6. The maximum atomic E-state index is 10.8. The SMILES string of the molecule is O=CN/C(=C\c1ccc2ccccc2n1)c1ccccc1. The highest BCUT2D eigenvalue weighted by atomic mass is 16.1. The molecule has 0 aliphatic rings. The van der Waals surface area contributed by atoms with E-state index in [4.69, 9.17) is 0 Å². The number of carbonyl (C=O) groups is 1. The number of rotatable bonds is 4. The van der Waals surface area contributed by atoms with E-state index in [0.717, 1.165) is 27.9 Å². The van der Waals surface area contributed by atoms with Crippen molar-refractivity contribution in [3.63, 3.8) is 0 Å². The van der Waals surface area contributed by atoms with E-state index in [2.05, 4.69) is 10.3 Å². The number of nitrogens with zero attached hydrogens (tertiary/aromatic N) is 1. The van der Waals surface area contributed by atoms with Gasteiger partial charge >= 0.3 is 0 Å². The lowest BCUT2D eigenvalue weighted by molar-refractivity contribution is -0.108. The van der Waals surface area contributed by atoms with Gasteiger partial charge in [-0.2, -0.15) is 0 Å². The summed E-state index contributed by atoms with van der Waals surface area (Å²) in [6.07, 6.45) is 2.55. The molecule has 0 unspecified atom stereocenters. The maximum Gasteiger partial charge on any atom is 0.211 e. The van der Waals surface area contributed by atoms with Gasteiger partial charge in [0, 0.05) is 11.1 Å². The number of carbonyl (C=O) groups excluding carboxylic acids is 1. The third kappa shape index (κ3) is 2.98. The topological polar surface area (TPSA) is 42.0 Å². The molecule has 3 heteroatoms. The maximum absolute atomic E-state index is 10.8. The van der Waals surface area contributed by atoms with E-state index in [1.165, 1.54) is 0 Å². The quantitative estimate of drug-likeness (QED) is 0.740. The molecular weight excluding hydrogens is 260 g/mol. The summed E-state index contributed by atoms with van der Waals surface area (Å²) in [7, 11) is 0. The zero-order valence-electron chi connectivity index (χ0n) is 11.4. The number of amides is 1. The third-order valence-corrected chi connectivity index (χ3v) is 3.21. The van der Waals surface area contributed by atoms with Crippen LogP contribution in [0.15, 0.2) is 66.7 Å². The summed E-state index contributed by atoms with van der Waals surface area (Å²) in [4.78, 5) is 15.4. The van der Waals surface area contributed by atoms with Crippen LogP contribution in [0.3, 0.4) is 0 Å². The van der Waals surface area contributed by atoms with Crippen molar-refractivity contribution in [3.05, 3.63) is 78.0 Å². The lowest BCUT2D eigenvalue weighted by atomic mass is 10.1. The van der Waals surface area contributed by atoms with Gasteiger partial charge in [0.1, 0.15) is 0 Å². The van der Waals surface area contributed by atoms with Crippen LogP contribution >= 0.6 is 0 Å². The van der Waals surface area contributed by atoms with Gasteiger partial charge in [-0.05, 0) is 23.8 Å². The Balaban J connectivity index is 2.04. The molecule has 1 amide bonds. The Kier molecular flexibility index (Phi) is 3.74. The lowest BCUT2D eigenvalue weighted by Gasteiger charge is -2.06. The molecule has 1 aromatic heterocycles. The molecule has 0 bridgehead atoms. The van der Waals surface area contributed by atoms with Crippen molar-refractivity contribution >= 4 is 29.1 Å². The molecule has 3 nitrogen and oxygen atoms in total. The van der Waals surface area contributed by atoms with Crippen molar-refractivity contribution in [3.8, 4) is 0 Å². The molecule has 0 saturated carbocycles. The van der Waals surface area contributed by atoms with Crippen molar-refractivity contribution in [2.75, 3.05) is 0 Å². The fraction of sp³-hybridized carbons (Fsp3) is 0. The van der Waals surface area contributed by atoms with Gasteiger partial charge in [-0.25, -0.2) is 4.98 Å². The summed E-state index contributed by atoms with van der Waals surface area (Å²) in [5.74, 6) is 0. The van der Waals surface area contributed by atoms with Gasteiger partial charge in [0.25, 0.3) is 0 Å². The van der Waals surface area contributed by atoms with Crippen LogP contribution in [0.25, 0.3) is 22.7 Å². The Hall–Kier alpha value is -2.94. The average molecular weight is 274 g/mol. The van der Waals surface area contributed by atoms with E-state index in [9.17, 15) is 4.79 Å². The lowest BCUT2D eigenvalue weighted by Crippen LogP contribution is -2.08. The van der Waals surface area contributed by atoms with Crippen molar-refractivity contribution in [1.29, 1.82) is 0 Å². The normalized spacial score (nSPS) is 11.3. The molecule has 0 atom stereocenters. The number of hydrogen-bond donors (Lipinski definition) is 1. The number of fused-ring (bicyclic) bond motifs is 1. The molecule has 0 aliphatic heterocycles. The second-order valence-electron chi connectivity index (χ2n) is 4.62. The summed E-state index contributed by atoms with van der Waals surface area (Å²) >= 11 is 0. The molecular formula is C18H14N2O. The van der Waals surface area contributed by atoms with E-state index in [1.54, 1.807) is 0 Å². The van der Waals surface area contributed by atoms with Crippen LogP contribution in [0.1, 0.15) is 11.3 Å². The molecule has 0 radical (unpaired) electrons. The fourth-order valence-electron chi connectivity index (χ4n) is 2.20. The zero-order chi connectivity index (χ0) is 14.5. The van der Waals surface area contributed by atoms with Gasteiger partial charge in [0.2, 0.25) is 6.41 Å². The van der Waals surface area contributed by atoms with Gasteiger partial charge in [0.15, 0.2) is 0 Å². The van der Waals surface area contributed by atoms with Gasteiger partial charge < -0.3 is 5.32 Å². The largest absolute Gasteiger partial charge is 0.328 e. The predicted octanol–water partition coefficient (Wildman–Crippen LogP) is 3.48. The Morgan fingerprint density at radius 1 is 0.905 bits per heavy atom. The molecule has 0 saturated heterocycles. The van der Waals surface area contributed by atoms with E-state index in [-0.39, 0.29) is 0 Å². The molecule has 0 spiro atoms. The summed E-state index contributed by atoms with van der Waals surface area (Å²) in [5, 5.41) is 3.83. The van der Waals surface area contributed by atoms with Crippen molar-refractivity contribution < 1.29 is 4.79 Å². The van der Waals surface area contributed by atoms with E-state index in [1.807, 2.05) is 72.8 Å². The van der Waals surface area contributed by atoms with Crippen LogP contribution in [0.4, 0.5) is 0 Å². The zero-order valence-corrected chi connectivity index (χ0v) is 11.4. The highest BCUT2D eigenvalue weighted by molar-refractivity contribution is 5.86. The molecule has 2 aromatic carbocycles. The minimum atomic E-state index is 0.680. The van der Waals surface area contributed by atoms with Gasteiger partial charge in [-0.1, -0.05) is 54.6 Å². The monoisotopic (exact) mass is 274 g/mol. The number of benzene rings is 2. The standard InChI is InChI=1S/C18H14N2O/c21-13-19-18(14-6-2-1-3-7-14)12-16-11-10-15-8-4-5-9-17(15)20-16/h1-13H,(H,19,21)/b18-12-. The highest BCUT2D eigenvalue weighted by Crippen LogP contribution is 2.17. The number of nitrogens with one attached hydrogen (secondary N) is 1. The third-order valence-electron chi connectivity index (χ3n) is 3.21. The highest BCUT2D eigenvalue weighted by Gasteiger charge is 2.02. The molecule has 1 heterocycles. The summed E-state index contributed by atoms with van der Waals surface area (Å²) < 4.78 is 0. The second kappa shape index (κ2) is 6.01. The molecule has 3 rings (SSSR count). The predicted molar refractivity (Wildman–Crippen MR) is 85.3 cm³/mol. The second-order valence-corrected chi connectivity index (χ2v) is 4.62. The Morgan fingerprint density at radius 2 is 1.67 bits per heavy atom. The van der Waals surface area contributed by atoms with Crippen molar-refractivity contribution in [2.45, 2.75) is 0 Å². The van der Waals surface area contributed by atoms with Crippen molar-refractivity contribution in [2.24, 2.45) is 0 Å². The van der Waals surface area contributed by atoms with Gasteiger partial charge in [-0.15, -0.1) is 0 Å². The first-order valence-electron chi connectivity index (χ1n) is 6.70. The summed E-state index contributed by atoms with van der Waals surface area (Å²) in [6.45, 7) is 0. The molecule has 102 valence electrons. The van der Waals surface area contributed by atoms with E-state index >= 15 is 0 Å². The first kappa shape index (κ1) is 13.1. The van der Waals surface area contributed by atoms with Crippen LogP contribution in [-0.2, 0) is 4.79 Å². The Morgan fingerprint density at radius 3 is 2.48 bits per heavy atom. The Labute approximate surface area is 123 Å². The minimum absolute atomic E-state index is 0.680. The summed E-state index contributed by atoms with van der Waals surface area (Å²) in [5.41, 5.74) is 3.42. The fourth-order valence-corrected chi connectivity index (χ4v) is 2.20. The molecule has 1 N–H and O–H groups in total. The van der Waals surface area contributed by atoms with Gasteiger partial charge in [0.05, 0.1) is 11.2 Å². The van der Waals surface area contributed by atoms with E-state index in [0.29, 0.717) is 6.41 Å². The Bertz CT molecular complexity index is 794. The number of hydrogen-bond acceptors (Lipinski definition) is 2. The minimum Gasteiger partial charge on any atom is -0.328 e. The van der Waals surface area contributed by atoms with E-state index < -0.39 is 0 Å². The van der Waals surface area contributed by atoms with Crippen LogP contribution in [-0.4, -0.2) is 11.4 Å². The average Bonchev–Trinajstić information content (AvgIpc) is 2.55. The number of aromatic nitrogens is 1. The van der Waals surface area contributed by atoms with Crippen LogP contribution in [0, 0.1) is 0 Å². The molecule has 21 heavy (non-hydrogen) atoms. The van der Waals surface area contributed by atoms with Crippen LogP contribution < -0.4 is 5.32 Å². The smallest absolute Gasteiger partial charge is 0.211 e. The number of para-hydroxylation sites is 1. The molecule has 0 fully saturated rings.